The molecule has 158 valence electrons. The molecule has 3 N–H and O–H groups in total. The summed E-state index contributed by atoms with van der Waals surface area (Å²) in [7, 11) is 1.96. The van der Waals surface area contributed by atoms with Crippen LogP contribution in [0.15, 0.2) is 24.3 Å². The van der Waals surface area contributed by atoms with Crippen molar-refractivity contribution >= 4 is 18.3 Å². The molecule has 28 heavy (non-hydrogen) atoms. The van der Waals surface area contributed by atoms with Crippen LogP contribution < -0.4 is 20.9 Å². The Morgan fingerprint density at radius 3 is 2.79 bits per heavy atom. The van der Waals surface area contributed by atoms with Gasteiger partial charge in [0.15, 0.2) is 0 Å². The number of rotatable bonds is 7. The van der Waals surface area contributed by atoms with Crippen LogP contribution in [0.3, 0.4) is 0 Å². The number of nitrogens with zero attached hydrogens (tertiary/aromatic N) is 1. The van der Waals surface area contributed by atoms with Crippen molar-refractivity contribution in [1.82, 2.24) is 21.1 Å². The summed E-state index contributed by atoms with van der Waals surface area (Å²) in [6.45, 7) is 0.226. The Labute approximate surface area is 170 Å². The lowest BCUT2D eigenvalue weighted by Gasteiger charge is -2.34. The van der Waals surface area contributed by atoms with E-state index in [-0.39, 0.29) is 36.0 Å². The maximum absolute atomic E-state index is 13.0. The molecule has 2 heterocycles. The average Bonchev–Trinajstić information content (AvgIpc) is 3.16. The normalized spacial score (nSPS) is 22.9. The lowest BCUT2D eigenvalue weighted by molar-refractivity contribution is -0.137. The summed E-state index contributed by atoms with van der Waals surface area (Å²) in [6, 6.07) is 6.29. The van der Waals surface area contributed by atoms with E-state index in [0.29, 0.717) is 12.5 Å². The van der Waals surface area contributed by atoms with Gasteiger partial charge >= 0.3 is 6.61 Å². The summed E-state index contributed by atoms with van der Waals surface area (Å²) in [5.41, 5.74) is 6.92. The zero-order chi connectivity index (χ0) is 19.2. The zero-order valence-corrected chi connectivity index (χ0v) is 16.8. The fraction of sp³-hybridized carbons (Fsp3) is 0.632. The van der Waals surface area contributed by atoms with Gasteiger partial charge in [-0.25, -0.2) is 5.43 Å². The summed E-state index contributed by atoms with van der Waals surface area (Å²) in [6.07, 6.45) is 3.21. The molecule has 1 aromatic carbocycles. The molecule has 0 spiro atoms. The topological polar surface area (TPSA) is 65.6 Å². The van der Waals surface area contributed by atoms with Gasteiger partial charge in [0.2, 0.25) is 5.91 Å². The first-order chi connectivity index (χ1) is 13.1. The fourth-order valence-electron chi connectivity index (χ4n) is 3.95. The number of alkyl halides is 2. The van der Waals surface area contributed by atoms with Gasteiger partial charge in [0.05, 0.1) is 12.0 Å². The van der Waals surface area contributed by atoms with Crippen molar-refractivity contribution in [2.75, 3.05) is 33.2 Å². The average molecular weight is 419 g/mol. The van der Waals surface area contributed by atoms with Crippen molar-refractivity contribution in [2.24, 2.45) is 11.8 Å². The monoisotopic (exact) mass is 418 g/mol. The number of nitrogens with one attached hydrogen (secondary N) is 3. The minimum atomic E-state index is -2.86. The van der Waals surface area contributed by atoms with E-state index in [1.165, 1.54) is 6.07 Å². The Bertz CT molecular complexity index is 630. The third-order valence-electron chi connectivity index (χ3n) is 5.47. The highest BCUT2D eigenvalue weighted by molar-refractivity contribution is 5.85. The number of amides is 1. The van der Waals surface area contributed by atoms with Crippen molar-refractivity contribution in [3.05, 3.63) is 29.8 Å². The highest BCUT2D eigenvalue weighted by atomic mass is 35.5. The summed E-state index contributed by atoms with van der Waals surface area (Å²) in [5.74, 6) is 0.624. The highest BCUT2D eigenvalue weighted by Gasteiger charge is 2.37. The van der Waals surface area contributed by atoms with Gasteiger partial charge in [0.25, 0.3) is 0 Å². The molecule has 2 fully saturated rings. The Balaban J connectivity index is 0.00000280. The van der Waals surface area contributed by atoms with Crippen LogP contribution in [0.1, 0.15) is 30.9 Å². The van der Waals surface area contributed by atoms with Crippen LogP contribution in [0.25, 0.3) is 0 Å². The van der Waals surface area contributed by atoms with E-state index < -0.39 is 6.61 Å². The molecule has 0 bridgehead atoms. The molecule has 2 saturated heterocycles. The lowest BCUT2D eigenvalue weighted by Crippen LogP contribution is -2.44. The van der Waals surface area contributed by atoms with Crippen molar-refractivity contribution in [3.63, 3.8) is 0 Å². The number of hydrazine groups is 1. The minimum absolute atomic E-state index is 0. The number of hydrogen-bond donors (Lipinski definition) is 3. The van der Waals surface area contributed by atoms with E-state index in [2.05, 4.69) is 20.9 Å². The van der Waals surface area contributed by atoms with Gasteiger partial charge in [0.1, 0.15) is 5.75 Å². The van der Waals surface area contributed by atoms with Crippen LogP contribution in [-0.2, 0) is 4.79 Å². The fourth-order valence-corrected chi connectivity index (χ4v) is 3.95. The number of carbonyl (C=O) groups excluding carboxylic acids is 1. The maximum Gasteiger partial charge on any atom is 0.387 e. The van der Waals surface area contributed by atoms with Gasteiger partial charge in [0, 0.05) is 19.6 Å². The third kappa shape index (κ3) is 5.76. The zero-order valence-electron chi connectivity index (χ0n) is 16.0. The third-order valence-corrected chi connectivity index (χ3v) is 5.47. The maximum atomic E-state index is 13.0. The molecule has 0 radical (unpaired) electrons. The molecule has 9 heteroatoms. The summed E-state index contributed by atoms with van der Waals surface area (Å²) in [4.78, 5) is 15.0. The first-order valence-corrected chi connectivity index (χ1v) is 9.55. The van der Waals surface area contributed by atoms with Crippen LogP contribution in [0.5, 0.6) is 5.75 Å². The van der Waals surface area contributed by atoms with Gasteiger partial charge < -0.3 is 15.0 Å². The van der Waals surface area contributed by atoms with Crippen LogP contribution in [0.2, 0.25) is 0 Å². The van der Waals surface area contributed by atoms with E-state index >= 15 is 0 Å². The largest absolute Gasteiger partial charge is 0.435 e. The first-order valence-electron chi connectivity index (χ1n) is 9.55. The molecule has 0 aliphatic carbocycles. The number of carbonyl (C=O) groups is 1. The molecule has 2 unspecified atom stereocenters. The minimum Gasteiger partial charge on any atom is -0.435 e. The van der Waals surface area contributed by atoms with Crippen molar-refractivity contribution in [1.29, 1.82) is 0 Å². The summed E-state index contributed by atoms with van der Waals surface area (Å²) < 4.78 is 29.4. The van der Waals surface area contributed by atoms with Gasteiger partial charge in [-0.15, -0.1) is 12.4 Å². The van der Waals surface area contributed by atoms with Crippen molar-refractivity contribution in [3.8, 4) is 5.75 Å². The summed E-state index contributed by atoms with van der Waals surface area (Å²) in [5, 5.41) is 3.18. The van der Waals surface area contributed by atoms with E-state index in [1.54, 1.807) is 12.1 Å². The Morgan fingerprint density at radius 1 is 1.36 bits per heavy atom. The smallest absolute Gasteiger partial charge is 0.387 e. The van der Waals surface area contributed by atoms with Gasteiger partial charge in [-0.3, -0.25) is 10.2 Å². The standard InChI is InChI=1S/C19H28F2N4O2.ClH/c1-22-8-5-13-6-9-25(10-7-13)18(26)16-12-23-24-17(16)14-3-2-4-15(11-14)27-19(20)21;/h2-4,11,13,16-17,19,22-24H,5-10,12H2,1H3;1H. The predicted octanol–water partition coefficient (Wildman–Crippen LogP) is 2.32. The molecule has 2 atom stereocenters. The SMILES string of the molecule is CNCCC1CCN(C(=O)C2CNNC2c2cccc(OC(F)F)c2)CC1.Cl. The molecule has 6 nitrogen and oxygen atoms in total. The number of ether oxygens (including phenoxy) is 1. The van der Waals surface area contributed by atoms with E-state index in [9.17, 15) is 13.6 Å². The summed E-state index contributed by atoms with van der Waals surface area (Å²) >= 11 is 0. The number of benzene rings is 1. The van der Waals surface area contributed by atoms with Crippen molar-refractivity contribution in [2.45, 2.75) is 31.9 Å². The number of hydrogen-bond acceptors (Lipinski definition) is 5. The molecule has 2 aliphatic rings. The molecule has 1 aromatic rings. The Kier molecular flexibility index (Phi) is 8.88. The van der Waals surface area contributed by atoms with Gasteiger partial charge in [-0.1, -0.05) is 12.1 Å². The molecule has 0 aromatic heterocycles. The van der Waals surface area contributed by atoms with Crippen LogP contribution in [0, 0.1) is 11.8 Å². The first kappa shape index (κ1) is 22.8. The second kappa shape index (κ2) is 10.9. The number of likely N-dealkylation sites (tertiary alicyclic amines) is 1. The quantitative estimate of drug-likeness (QED) is 0.634. The van der Waals surface area contributed by atoms with Crippen LogP contribution in [0.4, 0.5) is 8.78 Å². The Morgan fingerprint density at radius 2 is 2.11 bits per heavy atom. The van der Waals surface area contributed by atoms with E-state index in [4.69, 9.17) is 0 Å². The van der Waals surface area contributed by atoms with Crippen molar-refractivity contribution < 1.29 is 18.3 Å². The van der Waals surface area contributed by atoms with E-state index in [1.807, 2.05) is 18.0 Å². The molecule has 3 rings (SSSR count). The second-order valence-electron chi connectivity index (χ2n) is 7.22. The predicted molar refractivity (Wildman–Crippen MR) is 106 cm³/mol. The number of piperidine rings is 1. The van der Waals surface area contributed by atoms with Crippen LogP contribution in [-0.4, -0.2) is 50.6 Å². The molecule has 2 aliphatic heterocycles. The molecule has 0 saturated carbocycles. The Hall–Kier alpha value is -1.48. The highest BCUT2D eigenvalue weighted by Crippen LogP contribution is 2.31. The number of halogens is 3. The van der Waals surface area contributed by atoms with Gasteiger partial charge in [-0.05, 0) is 56.5 Å². The van der Waals surface area contributed by atoms with E-state index in [0.717, 1.165) is 44.5 Å². The molecular formula is C19H29ClF2N4O2. The molecular weight excluding hydrogens is 390 g/mol. The lowest BCUT2D eigenvalue weighted by atomic mass is 9.90. The van der Waals surface area contributed by atoms with Crippen LogP contribution >= 0.6 is 12.4 Å². The second-order valence-corrected chi connectivity index (χ2v) is 7.22. The molecule has 1 amide bonds. The van der Waals surface area contributed by atoms with Gasteiger partial charge in [-0.2, -0.15) is 8.78 Å².